The van der Waals surface area contributed by atoms with Gasteiger partial charge in [-0.3, -0.25) is 0 Å². The summed E-state index contributed by atoms with van der Waals surface area (Å²) in [6.45, 7) is 5.67. The van der Waals surface area contributed by atoms with Crippen LogP contribution in [0.25, 0.3) is 11.3 Å². The summed E-state index contributed by atoms with van der Waals surface area (Å²) in [5.74, 6) is 1.72. The standard InChI is InChI=1S/C27H28N2O2S/c1-4-31-25-16-12-23(13-17-25)28-27-29(19-18-21-8-6-5-7-9-21)26(20(2)32-27)22-10-14-24(30-3)15-11-22/h5-17H,4,18-19H2,1-3H3. The normalized spacial score (nSPS) is 11.5. The molecular formula is C27H28N2O2S. The Morgan fingerprint density at radius 2 is 1.56 bits per heavy atom. The van der Waals surface area contributed by atoms with Crippen LogP contribution < -0.4 is 14.3 Å². The van der Waals surface area contributed by atoms with Crippen LogP contribution in [0, 0.1) is 6.92 Å². The van der Waals surface area contributed by atoms with Crippen molar-refractivity contribution in [3.63, 3.8) is 0 Å². The van der Waals surface area contributed by atoms with E-state index in [1.165, 1.54) is 21.7 Å². The number of benzene rings is 3. The van der Waals surface area contributed by atoms with Gasteiger partial charge < -0.3 is 14.0 Å². The monoisotopic (exact) mass is 444 g/mol. The Kier molecular flexibility index (Phi) is 7.07. The molecule has 4 aromatic rings. The summed E-state index contributed by atoms with van der Waals surface area (Å²) >= 11 is 1.72. The van der Waals surface area contributed by atoms with E-state index in [0.29, 0.717) is 6.61 Å². The average Bonchev–Trinajstić information content (AvgIpc) is 3.14. The SMILES string of the molecule is CCOc1ccc(N=c2sc(C)c(-c3ccc(OC)cc3)n2CCc2ccccc2)cc1. The molecule has 1 aromatic heterocycles. The maximum atomic E-state index is 5.57. The van der Waals surface area contributed by atoms with Gasteiger partial charge in [0, 0.05) is 11.4 Å². The van der Waals surface area contributed by atoms with Crippen molar-refractivity contribution in [3.05, 3.63) is 94.1 Å². The molecule has 0 unspecified atom stereocenters. The Morgan fingerprint density at radius 3 is 2.22 bits per heavy atom. The number of ether oxygens (including phenoxy) is 2. The summed E-state index contributed by atoms with van der Waals surface area (Å²) < 4.78 is 13.3. The van der Waals surface area contributed by atoms with Gasteiger partial charge in [-0.1, -0.05) is 30.3 Å². The van der Waals surface area contributed by atoms with Gasteiger partial charge in [0.25, 0.3) is 0 Å². The first-order valence-electron chi connectivity index (χ1n) is 10.8. The Balaban J connectivity index is 1.76. The number of thiazole rings is 1. The van der Waals surface area contributed by atoms with Gasteiger partial charge in [0.1, 0.15) is 11.5 Å². The zero-order chi connectivity index (χ0) is 22.3. The summed E-state index contributed by atoms with van der Waals surface area (Å²) in [6, 6.07) is 26.8. The number of hydrogen-bond acceptors (Lipinski definition) is 4. The third-order valence-electron chi connectivity index (χ3n) is 5.28. The second kappa shape index (κ2) is 10.3. The molecule has 0 radical (unpaired) electrons. The molecule has 32 heavy (non-hydrogen) atoms. The zero-order valence-electron chi connectivity index (χ0n) is 18.7. The third-order valence-corrected chi connectivity index (χ3v) is 6.28. The van der Waals surface area contributed by atoms with E-state index in [2.05, 4.69) is 54.0 Å². The maximum Gasteiger partial charge on any atom is 0.190 e. The Morgan fingerprint density at radius 1 is 0.875 bits per heavy atom. The second-order valence-corrected chi connectivity index (χ2v) is 8.63. The highest BCUT2D eigenvalue weighted by Crippen LogP contribution is 2.28. The van der Waals surface area contributed by atoms with E-state index in [4.69, 9.17) is 14.5 Å². The predicted molar refractivity (Wildman–Crippen MR) is 132 cm³/mol. The third kappa shape index (κ3) is 5.11. The summed E-state index contributed by atoms with van der Waals surface area (Å²) in [5, 5.41) is 0. The van der Waals surface area contributed by atoms with Crippen molar-refractivity contribution in [3.8, 4) is 22.8 Å². The predicted octanol–water partition coefficient (Wildman–Crippen LogP) is 6.41. The topological polar surface area (TPSA) is 35.8 Å². The first kappa shape index (κ1) is 21.9. The van der Waals surface area contributed by atoms with E-state index in [-0.39, 0.29) is 0 Å². The van der Waals surface area contributed by atoms with Crippen molar-refractivity contribution in [2.24, 2.45) is 4.99 Å². The highest BCUT2D eigenvalue weighted by molar-refractivity contribution is 7.09. The van der Waals surface area contributed by atoms with Crippen molar-refractivity contribution in [1.82, 2.24) is 4.57 Å². The molecule has 0 saturated carbocycles. The summed E-state index contributed by atoms with van der Waals surface area (Å²) in [6.07, 6.45) is 0.941. The molecule has 0 aliphatic rings. The Bertz CT molecular complexity index is 1210. The van der Waals surface area contributed by atoms with Crippen molar-refractivity contribution in [2.45, 2.75) is 26.8 Å². The van der Waals surface area contributed by atoms with Crippen LogP contribution in [0.5, 0.6) is 11.5 Å². The molecule has 0 bridgehead atoms. The summed E-state index contributed by atoms with van der Waals surface area (Å²) in [7, 11) is 1.69. The van der Waals surface area contributed by atoms with Gasteiger partial charge in [0.15, 0.2) is 4.80 Å². The van der Waals surface area contributed by atoms with E-state index < -0.39 is 0 Å². The van der Waals surface area contributed by atoms with Crippen LogP contribution in [0.3, 0.4) is 0 Å². The van der Waals surface area contributed by atoms with Crippen molar-refractivity contribution in [2.75, 3.05) is 13.7 Å². The molecule has 3 aromatic carbocycles. The zero-order valence-corrected chi connectivity index (χ0v) is 19.6. The molecule has 5 heteroatoms. The Labute approximate surface area is 193 Å². The Hall–Kier alpha value is -3.31. The lowest BCUT2D eigenvalue weighted by atomic mass is 10.1. The van der Waals surface area contributed by atoms with Crippen LogP contribution in [0.4, 0.5) is 5.69 Å². The van der Waals surface area contributed by atoms with Crippen molar-refractivity contribution in [1.29, 1.82) is 0 Å². The minimum absolute atomic E-state index is 0.658. The molecule has 0 spiro atoms. The van der Waals surface area contributed by atoms with Crippen LogP contribution in [0.2, 0.25) is 0 Å². The molecule has 0 N–H and O–H groups in total. The van der Waals surface area contributed by atoms with Crippen LogP contribution in [-0.2, 0) is 13.0 Å². The maximum absolute atomic E-state index is 5.57. The lowest BCUT2D eigenvalue weighted by Gasteiger charge is -2.11. The molecule has 1 heterocycles. The average molecular weight is 445 g/mol. The highest BCUT2D eigenvalue weighted by atomic mass is 32.1. The molecule has 0 amide bonds. The van der Waals surface area contributed by atoms with Crippen molar-refractivity contribution < 1.29 is 9.47 Å². The summed E-state index contributed by atoms with van der Waals surface area (Å²) in [5.41, 5.74) is 4.61. The lowest BCUT2D eigenvalue weighted by molar-refractivity contribution is 0.340. The van der Waals surface area contributed by atoms with E-state index in [1.807, 2.05) is 43.3 Å². The molecule has 0 atom stereocenters. The summed E-state index contributed by atoms with van der Waals surface area (Å²) in [4.78, 5) is 7.23. The minimum atomic E-state index is 0.658. The lowest BCUT2D eigenvalue weighted by Crippen LogP contribution is -2.17. The molecule has 0 fully saturated rings. The number of rotatable bonds is 8. The fraction of sp³-hybridized carbons (Fsp3) is 0.222. The molecule has 164 valence electrons. The van der Waals surface area contributed by atoms with Crippen LogP contribution >= 0.6 is 11.3 Å². The number of aromatic nitrogens is 1. The van der Waals surface area contributed by atoms with Gasteiger partial charge in [0.2, 0.25) is 0 Å². The first-order valence-corrected chi connectivity index (χ1v) is 11.7. The quantitative estimate of drug-likeness (QED) is 0.315. The van der Waals surface area contributed by atoms with E-state index in [0.717, 1.165) is 35.0 Å². The second-order valence-electron chi connectivity index (χ2n) is 7.44. The molecule has 4 nitrogen and oxygen atoms in total. The first-order chi connectivity index (χ1) is 15.7. The van der Waals surface area contributed by atoms with Crippen LogP contribution in [0.1, 0.15) is 17.4 Å². The molecule has 0 aliphatic heterocycles. The number of nitrogens with zero attached hydrogens (tertiary/aromatic N) is 2. The fourth-order valence-electron chi connectivity index (χ4n) is 3.70. The number of methoxy groups -OCH3 is 1. The minimum Gasteiger partial charge on any atom is -0.497 e. The van der Waals surface area contributed by atoms with Crippen LogP contribution in [0.15, 0.2) is 83.9 Å². The van der Waals surface area contributed by atoms with E-state index in [9.17, 15) is 0 Å². The van der Waals surface area contributed by atoms with Crippen LogP contribution in [-0.4, -0.2) is 18.3 Å². The molecular weight excluding hydrogens is 416 g/mol. The van der Waals surface area contributed by atoms with Crippen molar-refractivity contribution >= 4 is 17.0 Å². The number of aryl methyl sites for hydroxylation is 2. The van der Waals surface area contributed by atoms with Gasteiger partial charge in [0.05, 0.1) is 25.1 Å². The number of hydrogen-bond donors (Lipinski definition) is 0. The van der Waals surface area contributed by atoms with Gasteiger partial charge in [-0.15, -0.1) is 11.3 Å². The van der Waals surface area contributed by atoms with Gasteiger partial charge in [-0.25, -0.2) is 4.99 Å². The highest BCUT2D eigenvalue weighted by Gasteiger charge is 2.13. The van der Waals surface area contributed by atoms with Gasteiger partial charge in [-0.05, 0) is 79.9 Å². The van der Waals surface area contributed by atoms with E-state index >= 15 is 0 Å². The van der Waals surface area contributed by atoms with Gasteiger partial charge >= 0.3 is 0 Å². The molecule has 4 rings (SSSR count). The largest absolute Gasteiger partial charge is 0.497 e. The fourth-order valence-corrected chi connectivity index (χ4v) is 4.75. The van der Waals surface area contributed by atoms with Gasteiger partial charge in [-0.2, -0.15) is 0 Å². The molecule has 0 aliphatic carbocycles. The molecule has 0 saturated heterocycles. The smallest absolute Gasteiger partial charge is 0.190 e. The van der Waals surface area contributed by atoms with E-state index in [1.54, 1.807) is 18.4 Å².